The van der Waals surface area contributed by atoms with Gasteiger partial charge in [0, 0.05) is 24.2 Å². The van der Waals surface area contributed by atoms with E-state index < -0.39 is 0 Å². The number of likely N-dealkylation sites (N-methyl/N-ethyl adjacent to an activating group) is 1. The summed E-state index contributed by atoms with van der Waals surface area (Å²) in [6.45, 7) is 4.07. The molecule has 0 aromatic heterocycles. The van der Waals surface area contributed by atoms with Crippen molar-refractivity contribution in [1.29, 1.82) is 5.26 Å². The van der Waals surface area contributed by atoms with Crippen molar-refractivity contribution in [2.75, 3.05) is 25.0 Å². The van der Waals surface area contributed by atoms with E-state index in [4.69, 9.17) is 5.26 Å². The van der Waals surface area contributed by atoms with Crippen molar-refractivity contribution in [3.8, 4) is 6.07 Å². The Morgan fingerprint density at radius 2 is 2.30 bits per heavy atom. The molecule has 4 heteroatoms. The van der Waals surface area contributed by atoms with Gasteiger partial charge in [-0.15, -0.1) is 0 Å². The highest BCUT2D eigenvalue weighted by Gasteiger charge is 2.43. The highest BCUT2D eigenvalue weighted by atomic mass is 16.2. The van der Waals surface area contributed by atoms with E-state index in [0.29, 0.717) is 5.92 Å². The highest BCUT2D eigenvalue weighted by molar-refractivity contribution is 5.98. The van der Waals surface area contributed by atoms with Crippen LogP contribution < -0.4 is 4.90 Å². The Kier molecular flexibility index (Phi) is 3.23. The van der Waals surface area contributed by atoms with Gasteiger partial charge in [-0.05, 0) is 38.6 Å². The van der Waals surface area contributed by atoms with Crippen molar-refractivity contribution in [2.24, 2.45) is 0 Å². The maximum atomic E-state index is 12.3. The van der Waals surface area contributed by atoms with Crippen molar-refractivity contribution < 1.29 is 4.79 Å². The Morgan fingerprint density at radius 1 is 1.50 bits per heavy atom. The van der Waals surface area contributed by atoms with Crippen molar-refractivity contribution >= 4 is 11.6 Å². The van der Waals surface area contributed by atoms with Gasteiger partial charge in [-0.1, -0.05) is 17.7 Å². The zero-order valence-electron chi connectivity index (χ0n) is 12.0. The number of carbonyl (C=O) groups excluding carboxylic acids is 1. The largest absolute Gasteiger partial charge is 0.307 e. The molecule has 1 amide bonds. The van der Waals surface area contributed by atoms with Crippen LogP contribution in [0.5, 0.6) is 0 Å². The number of nitriles is 1. The molecule has 0 radical (unpaired) electrons. The Hall–Kier alpha value is -1.86. The quantitative estimate of drug-likeness (QED) is 0.784. The molecule has 1 saturated heterocycles. The first-order valence-electron chi connectivity index (χ1n) is 7.10. The molecule has 0 aliphatic carbocycles. The van der Waals surface area contributed by atoms with Crippen molar-refractivity contribution in [1.82, 2.24) is 4.90 Å². The smallest absolute Gasteiger partial charge is 0.241 e. The number of piperidine rings is 1. The summed E-state index contributed by atoms with van der Waals surface area (Å²) in [7, 11) is 2.13. The molecule has 0 saturated carbocycles. The van der Waals surface area contributed by atoms with Crippen LogP contribution in [0.3, 0.4) is 0 Å². The third kappa shape index (κ3) is 1.99. The van der Waals surface area contributed by atoms with Crippen LogP contribution in [0.25, 0.3) is 0 Å². The van der Waals surface area contributed by atoms with Crippen LogP contribution in [0.2, 0.25) is 0 Å². The van der Waals surface area contributed by atoms with Crippen LogP contribution >= 0.6 is 0 Å². The molecular formula is C16H19N3O. The molecule has 0 unspecified atom stereocenters. The minimum absolute atomic E-state index is 0.0353. The summed E-state index contributed by atoms with van der Waals surface area (Å²) in [5.74, 6) is 0.320. The third-order valence-corrected chi connectivity index (χ3v) is 4.45. The van der Waals surface area contributed by atoms with Crippen LogP contribution in [0.15, 0.2) is 18.2 Å². The number of likely N-dealkylation sites (tertiary alicyclic amines) is 1. The molecule has 3 rings (SSSR count). The lowest BCUT2D eigenvalue weighted by atomic mass is 9.89. The van der Waals surface area contributed by atoms with E-state index in [9.17, 15) is 4.79 Å². The van der Waals surface area contributed by atoms with Crippen molar-refractivity contribution in [3.05, 3.63) is 29.3 Å². The summed E-state index contributed by atoms with van der Waals surface area (Å²) in [5, 5.41) is 8.82. The van der Waals surface area contributed by atoms with E-state index in [-0.39, 0.29) is 18.4 Å². The Balaban J connectivity index is 2.04. The van der Waals surface area contributed by atoms with E-state index in [1.165, 1.54) is 11.1 Å². The summed E-state index contributed by atoms with van der Waals surface area (Å²) in [4.78, 5) is 16.5. The van der Waals surface area contributed by atoms with Crippen LogP contribution in [0.1, 0.15) is 29.9 Å². The number of benzene rings is 1. The number of hydrogen-bond donors (Lipinski definition) is 0. The lowest BCUT2D eigenvalue weighted by Crippen LogP contribution is -2.47. The molecule has 4 nitrogen and oxygen atoms in total. The summed E-state index contributed by atoms with van der Waals surface area (Å²) < 4.78 is 0. The lowest BCUT2D eigenvalue weighted by Gasteiger charge is -2.36. The van der Waals surface area contributed by atoms with Gasteiger partial charge in [0.25, 0.3) is 0 Å². The molecule has 1 fully saturated rings. The topological polar surface area (TPSA) is 47.3 Å². The van der Waals surface area contributed by atoms with Crippen molar-refractivity contribution in [2.45, 2.75) is 31.7 Å². The van der Waals surface area contributed by atoms with Crippen LogP contribution in [0.4, 0.5) is 5.69 Å². The lowest BCUT2D eigenvalue weighted by molar-refractivity contribution is -0.118. The van der Waals surface area contributed by atoms with Gasteiger partial charge in [0.1, 0.15) is 6.42 Å². The number of nitrogens with zero attached hydrogens (tertiary/aromatic N) is 3. The van der Waals surface area contributed by atoms with Crippen molar-refractivity contribution in [3.63, 3.8) is 0 Å². The van der Waals surface area contributed by atoms with E-state index in [2.05, 4.69) is 24.9 Å². The van der Waals surface area contributed by atoms with E-state index >= 15 is 0 Å². The van der Waals surface area contributed by atoms with Crippen LogP contribution in [0, 0.1) is 18.3 Å². The predicted octanol–water partition coefficient (Wildman–Crippen LogP) is 2.04. The zero-order valence-corrected chi connectivity index (χ0v) is 12.0. The van der Waals surface area contributed by atoms with E-state index in [1.54, 1.807) is 0 Å². The Morgan fingerprint density at radius 3 is 3.05 bits per heavy atom. The van der Waals surface area contributed by atoms with Gasteiger partial charge in [0.15, 0.2) is 0 Å². The first-order valence-corrected chi connectivity index (χ1v) is 7.10. The SMILES string of the molecule is Cc1ccc2c(c1)[C@H]1CN(C)CC[C@H]1N2C(=O)CC#N. The standard InChI is InChI=1S/C16H19N3O/c1-11-3-4-14-12(9-11)13-10-18(2)8-6-15(13)19(14)16(20)5-7-17/h3-4,9,13,15H,5-6,8,10H2,1-2H3/t13-,15-/m1/s1. The van der Waals surface area contributed by atoms with Gasteiger partial charge >= 0.3 is 0 Å². The molecule has 0 bridgehead atoms. The van der Waals surface area contributed by atoms with Crippen LogP contribution in [-0.2, 0) is 4.79 Å². The number of fused-ring (bicyclic) bond motifs is 3. The maximum Gasteiger partial charge on any atom is 0.241 e. The zero-order chi connectivity index (χ0) is 14.3. The Labute approximate surface area is 119 Å². The van der Waals surface area contributed by atoms with Gasteiger partial charge in [-0.3, -0.25) is 4.79 Å². The highest BCUT2D eigenvalue weighted by Crippen LogP contribution is 2.45. The van der Waals surface area contributed by atoms with Gasteiger partial charge in [-0.2, -0.15) is 5.26 Å². The predicted molar refractivity (Wildman–Crippen MR) is 77.5 cm³/mol. The van der Waals surface area contributed by atoms with Crippen LogP contribution in [-0.4, -0.2) is 37.0 Å². The van der Waals surface area contributed by atoms with E-state index in [1.807, 2.05) is 23.1 Å². The third-order valence-electron chi connectivity index (χ3n) is 4.45. The minimum Gasteiger partial charge on any atom is -0.307 e. The molecule has 0 N–H and O–H groups in total. The summed E-state index contributed by atoms with van der Waals surface area (Å²) in [6.07, 6.45) is 0.943. The molecule has 20 heavy (non-hydrogen) atoms. The molecular weight excluding hydrogens is 250 g/mol. The first-order chi connectivity index (χ1) is 9.61. The fourth-order valence-corrected chi connectivity index (χ4v) is 3.56. The molecule has 1 aromatic rings. The average molecular weight is 269 g/mol. The maximum absolute atomic E-state index is 12.3. The minimum atomic E-state index is -0.0605. The monoisotopic (exact) mass is 269 g/mol. The van der Waals surface area contributed by atoms with Gasteiger partial charge in [-0.25, -0.2) is 0 Å². The molecule has 104 valence electrons. The second-order valence-corrected chi connectivity index (χ2v) is 5.89. The Bertz CT molecular complexity index is 590. The molecule has 2 atom stereocenters. The van der Waals surface area contributed by atoms with Gasteiger partial charge in [0.2, 0.25) is 5.91 Å². The molecule has 1 aromatic carbocycles. The number of carbonyl (C=O) groups is 1. The van der Waals surface area contributed by atoms with Gasteiger partial charge in [0.05, 0.1) is 6.07 Å². The number of amides is 1. The average Bonchev–Trinajstić information content (AvgIpc) is 2.72. The molecule has 2 aliphatic rings. The summed E-state index contributed by atoms with van der Waals surface area (Å²) in [6, 6.07) is 8.50. The summed E-state index contributed by atoms with van der Waals surface area (Å²) in [5.41, 5.74) is 3.51. The molecule has 0 spiro atoms. The number of anilines is 1. The number of aryl methyl sites for hydroxylation is 1. The fourth-order valence-electron chi connectivity index (χ4n) is 3.56. The summed E-state index contributed by atoms with van der Waals surface area (Å²) >= 11 is 0. The molecule has 2 heterocycles. The first kappa shape index (κ1) is 13.1. The number of hydrogen-bond acceptors (Lipinski definition) is 3. The van der Waals surface area contributed by atoms with Gasteiger partial charge < -0.3 is 9.80 Å². The van der Waals surface area contributed by atoms with E-state index in [0.717, 1.165) is 25.2 Å². The fraction of sp³-hybridized carbons (Fsp3) is 0.500. The second kappa shape index (κ2) is 4.92. The normalized spacial score (nSPS) is 24.9. The number of rotatable bonds is 1. The second-order valence-electron chi connectivity index (χ2n) is 5.89. The molecule has 2 aliphatic heterocycles.